The van der Waals surface area contributed by atoms with E-state index in [9.17, 15) is 10.2 Å². The van der Waals surface area contributed by atoms with E-state index in [1.807, 2.05) is 41.5 Å². The van der Waals surface area contributed by atoms with Crippen molar-refractivity contribution in [2.24, 2.45) is 10.8 Å². The van der Waals surface area contributed by atoms with Crippen molar-refractivity contribution in [2.75, 3.05) is 0 Å². The molecule has 0 aromatic carbocycles. The van der Waals surface area contributed by atoms with Crippen molar-refractivity contribution in [3.8, 4) is 0 Å². The Hall–Kier alpha value is -1.12. The Labute approximate surface area is 105 Å². The molecule has 100 valence electrons. The van der Waals surface area contributed by atoms with E-state index >= 15 is 0 Å². The number of hydrogen-bond acceptors (Lipinski definition) is 3. The normalized spacial score (nSPS) is 14.9. The highest BCUT2D eigenvalue weighted by atomic mass is 16.5. The zero-order valence-electron chi connectivity index (χ0n) is 11.9. The molecule has 3 heteroatoms. The second-order valence-corrected chi connectivity index (χ2v) is 6.83. The number of allylic oxidation sites excluding steroid dienone is 2. The van der Waals surface area contributed by atoms with Crippen molar-refractivity contribution >= 4 is 0 Å². The van der Waals surface area contributed by atoms with Gasteiger partial charge >= 0.3 is 0 Å². The third-order valence-corrected chi connectivity index (χ3v) is 1.83. The van der Waals surface area contributed by atoms with E-state index in [4.69, 9.17) is 4.74 Å². The van der Waals surface area contributed by atoms with Crippen LogP contribution in [0, 0.1) is 10.8 Å². The standard InChI is InChI=1S/C14H26O3/c1-13(2,3)7-11(15)9-17-10-12(16)8-14(4,5)6/h9-10,15-16H,7-8H2,1-6H3. The Morgan fingerprint density at radius 2 is 1.12 bits per heavy atom. The first-order chi connectivity index (χ1) is 7.49. The summed E-state index contributed by atoms with van der Waals surface area (Å²) in [5, 5.41) is 19.1. The molecule has 0 saturated heterocycles. The van der Waals surface area contributed by atoms with Gasteiger partial charge in [0.1, 0.15) is 24.0 Å². The lowest BCUT2D eigenvalue weighted by Crippen LogP contribution is -2.06. The molecule has 0 unspecified atom stereocenters. The minimum absolute atomic E-state index is 0.0150. The Morgan fingerprint density at radius 3 is 1.35 bits per heavy atom. The lowest BCUT2D eigenvalue weighted by molar-refractivity contribution is 0.253. The fourth-order valence-electron chi connectivity index (χ4n) is 1.36. The molecule has 0 aromatic heterocycles. The van der Waals surface area contributed by atoms with Crippen molar-refractivity contribution in [3.05, 3.63) is 24.0 Å². The van der Waals surface area contributed by atoms with Gasteiger partial charge in [0.25, 0.3) is 0 Å². The monoisotopic (exact) mass is 242 g/mol. The van der Waals surface area contributed by atoms with E-state index in [-0.39, 0.29) is 22.3 Å². The number of rotatable bonds is 4. The van der Waals surface area contributed by atoms with Crippen LogP contribution >= 0.6 is 0 Å². The van der Waals surface area contributed by atoms with E-state index in [0.29, 0.717) is 12.8 Å². The molecular weight excluding hydrogens is 216 g/mol. The first-order valence-corrected chi connectivity index (χ1v) is 5.91. The van der Waals surface area contributed by atoms with Gasteiger partial charge in [-0.05, 0) is 10.8 Å². The Balaban J connectivity index is 4.20. The first kappa shape index (κ1) is 15.9. The average molecular weight is 242 g/mol. The van der Waals surface area contributed by atoms with Gasteiger partial charge in [0.15, 0.2) is 0 Å². The summed E-state index contributed by atoms with van der Waals surface area (Å²) in [4.78, 5) is 0. The van der Waals surface area contributed by atoms with E-state index in [1.165, 1.54) is 12.5 Å². The first-order valence-electron chi connectivity index (χ1n) is 5.91. The third-order valence-electron chi connectivity index (χ3n) is 1.83. The molecule has 0 rings (SSSR count). The molecule has 0 aliphatic carbocycles. The number of hydrogen-bond donors (Lipinski definition) is 2. The van der Waals surface area contributed by atoms with Crippen molar-refractivity contribution in [2.45, 2.75) is 54.4 Å². The highest BCUT2D eigenvalue weighted by molar-refractivity contribution is 4.94. The summed E-state index contributed by atoms with van der Waals surface area (Å²) < 4.78 is 5.02. The molecule has 17 heavy (non-hydrogen) atoms. The molecule has 0 aliphatic rings. The van der Waals surface area contributed by atoms with E-state index in [1.54, 1.807) is 0 Å². The van der Waals surface area contributed by atoms with Crippen LogP contribution in [0.3, 0.4) is 0 Å². The fourth-order valence-corrected chi connectivity index (χ4v) is 1.36. The van der Waals surface area contributed by atoms with Crippen LogP contribution in [0.2, 0.25) is 0 Å². The minimum Gasteiger partial charge on any atom is -0.509 e. The topological polar surface area (TPSA) is 49.7 Å². The minimum atomic E-state index is 0.0150. The molecule has 0 aromatic rings. The van der Waals surface area contributed by atoms with Crippen molar-refractivity contribution < 1.29 is 14.9 Å². The molecule has 3 nitrogen and oxygen atoms in total. The number of ether oxygens (including phenoxy) is 1. The summed E-state index contributed by atoms with van der Waals surface area (Å²) in [7, 11) is 0. The predicted molar refractivity (Wildman–Crippen MR) is 70.7 cm³/mol. The highest BCUT2D eigenvalue weighted by Gasteiger charge is 2.13. The molecule has 0 radical (unpaired) electrons. The van der Waals surface area contributed by atoms with Crippen LogP contribution in [0.4, 0.5) is 0 Å². The van der Waals surface area contributed by atoms with Gasteiger partial charge < -0.3 is 14.9 Å². The van der Waals surface area contributed by atoms with Crippen LogP contribution < -0.4 is 0 Å². The zero-order valence-corrected chi connectivity index (χ0v) is 11.9. The van der Waals surface area contributed by atoms with Gasteiger partial charge in [0.2, 0.25) is 0 Å². The summed E-state index contributed by atoms with van der Waals surface area (Å²) >= 11 is 0. The summed E-state index contributed by atoms with van der Waals surface area (Å²) in [5.41, 5.74) is 0.0300. The summed E-state index contributed by atoms with van der Waals surface area (Å²) in [6.07, 6.45) is 3.62. The van der Waals surface area contributed by atoms with Gasteiger partial charge in [0, 0.05) is 12.8 Å². The largest absolute Gasteiger partial charge is 0.509 e. The molecular formula is C14H26O3. The van der Waals surface area contributed by atoms with Crippen LogP contribution in [0.25, 0.3) is 0 Å². The smallest absolute Gasteiger partial charge is 0.128 e. The van der Waals surface area contributed by atoms with Crippen LogP contribution in [-0.2, 0) is 4.74 Å². The molecule has 0 saturated carbocycles. The van der Waals surface area contributed by atoms with Gasteiger partial charge in [-0.1, -0.05) is 41.5 Å². The zero-order chi connectivity index (χ0) is 13.7. The van der Waals surface area contributed by atoms with Crippen LogP contribution in [0.5, 0.6) is 0 Å². The quantitative estimate of drug-likeness (QED) is 0.704. The summed E-state index contributed by atoms with van der Waals surface area (Å²) in [6, 6.07) is 0. The molecule has 0 amide bonds. The van der Waals surface area contributed by atoms with Crippen molar-refractivity contribution in [1.82, 2.24) is 0 Å². The Kier molecular flexibility index (Phi) is 5.59. The molecule has 0 heterocycles. The van der Waals surface area contributed by atoms with Gasteiger partial charge in [0.05, 0.1) is 0 Å². The lowest BCUT2D eigenvalue weighted by Gasteiger charge is -2.17. The fraction of sp³-hybridized carbons (Fsp3) is 0.714. The Morgan fingerprint density at radius 1 is 0.824 bits per heavy atom. The SMILES string of the molecule is CC(C)(C)CC(O)=COC=C(O)CC(C)(C)C. The molecule has 0 bridgehead atoms. The van der Waals surface area contributed by atoms with Gasteiger partial charge in [-0.25, -0.2) is 0 Å². The van der Waals surface area contributed by atoms with Crippen LogP contribution in [-0.4, -0.2) is 10.2 Å². The molecule has 0 fully saturated rings. The van der Waals surface area contributed by atoms with Crippen LogP contribution in [0.15, 0.2) is 24.0 Å². The maximum absolute atomic E-state index is 9.56. The second kappa shape index (κ2) is 5.99. The predicted octanol–water partition coefficient (Wildman–Crippen LogP) is 4.67. The van der Waals surface area contributed by atoms with E-state index < -0.39 is 0 Å². The average Bonchev–Trinajstić information content (AvgIpc) is 1.95. The van der Waals surface area contributed by atoms with Gasteiger partial charge in [-0.3, -0.25) is 0 Å². The second-order valence-electron chi connectivity index (χ2n) is 6.83. The van der Waals surface area contributed by atoms with Gasteiger partial charge in [-0.2, -0.15) is 0 Å². The van der Waals surface area contributed by atoms with E-state index in [2.05, 4.69) is 0 Å². The molecule has 0 aliphatic heterocycles. The lowest BCUT2D eigenvalue weighted by atomic mass is 9.91. The van der Waals surface area contributed by atoms with Gasteiger partial charge in [-0.15, -0.1) is 0 Å². The molecule has 0 atom stereocenters. The van der Waals surface area contributed by atoms with Crippen LogP contribution in [0.1, 0.15) is 54.4 Å². The molecule has 0 spiro atoms. The highest BCUT2D eigenvalue weighted by Crippen LogP contribution is 2.23. The summed E-state index contributed by atoms with van der Waals surface area (Å²) in [5.74, 6) is 0.356. The number of aliphatic hydroxyl groups is 2. The Bertz CT molecular complexity index is 258. The molecule has 2 N–H and O–H groups in total. The number of aliphatic hydroxyl groups excluding tert-OH is 2. The third kappa shape index (κ3) is 11.1. The maximum atomic E-state index is 9.56. The summed E-state index contributed by atoms with van der Waals surface area (Å²) in [6.45, 7) is 12.2. The van der Waals surface area contributed by atoms with E-state index in [0.717, 1.165) is 0 Å². The van der Waals surface area contributed by atoms with Crippen molar-refractivity contribution in [3.63, 3.8) is 0 Å². The van der Waals surface area contributed by atoms with Crippen molar-refractivity contribution in [1.29, 1.82) is 0 Å². The maximum Gasteiger partial charge on any atom is 0.128 e.